The molecule has 4 nitrogen and oxygen atoms in total. The molecule has 6 heteroatoms. The summed E-state index contributed by atoms with van der Waals surface area (Å²) in [6.45, 7) is 1.75. The van der Waals surface area contributed by atoms with E-state index in [1.807, 2.05) is 0 Å². The minimum atomic E-state index is -1.54. The van der Waals surface area contributed by atoms with Gasteiger partial charge in [-0.05, 0) is 19.8 Å². The average molecular weight is 240 g/mol. The Hall–Kier alpha value is -0.480. The van der Waals surface area contributed by atoms with E-state index in [0.29, 0.717) is 19.4 Å². The minimum Gasteiger partial charge on any atom is -0.480 e. The molecule has 1 heterocycles. The Balaban J connectivity index is 2.77. The van der Waals surface area contributed by atoms with Crippen molar-refractivity contribution in [1.29, 1.82) is 0 Å². The van der Waals surface area contributed by atoms with Gasteiger partial charge in [0.25, 0.3) is 5.91 Å². The number of carbonyl (C=O) groups is 2. The van der Waals surface area contributed by atoms with Crippen molar-refractivity contribution in [2.24, 2.45) is 0 Å². The van der Waals surface area contributed by atoms with E-state index < -0.39 is 22.3 Å². The van der Waals surface area contributed by atoms with Gasteiger partial charge in [0.1, 0.15) is 6.04 Å². The number of nitrogens with zero attached hydrogens (tertiary/aromatic N) is 1. The number of aliphatic carboxylic acids is 1. The maximum atomic E-state index is 11.6. The van der Waals surface area contributed by atoms with E-state index in [-0.39, 0.29) is 0 Å². The van der Waals surface area contributed by atoms with Crippen LogP contribution in [0.25, 0.3) is 0 Å². The summed E-state index contributed by atoms with van der Waals surface area (Å²) in [5.41, 5.74) is 0. The van der Waals surface area contributed by atoms with E-state index in [0.717, 1.165) is 0 Å². The van der Waals surface area contributed by atoms with Crippen molar-refractivity contribution in [2.45, 2.75) is 30.1 Å². The summed E-state index contributed by atoms with van der Waals surface area (Å²) in [6.07, 6.45) is 1.14. The fourth-order valence-electron chi connectivity index (χ4n) is 1.52. The first-order valence-corrected chi connectivity index (χ1v) is 5.01. The van der Waals surface area contributed by atoms with E-state index in [1.54, 1.807) is 0 Å². The maximum Gasteiger partial charge on any atom is 0.326 e. The second-order valence-electron chi connectivity index (χ2n) is 3.38. The molecule has 1 rings (SSSR count). The zero-order valence-corrected chi connectivity index (χ0v) is 9.18. The van der Waals surface area contributed by atoms with Gasteiger partial charge in [-0.3, -0.25) is 4.79 Å². The lowest BCUT2D eigenvalue weighted by molar-refractivity contribution is -0.148. The van der Waals surface area contributed by atoms with Crippen LogP contribution in [0.3, 0.4) is 0 Å². The maximum absolute atomic E-state index is 11.6. The lowest BCUT2D eigenvalue weighted by atomic mass is 10.2. The monoisotopic (exact) mass is 239 g/mol. The van der Waals surface area contributed by atoms with Crippen LogP contribution >= 0.6 is 23.2 Å². The fraction of sp³-hybridized carbons (Fsp3) is 0.750. The Morgan fingerprint density at radius 3 is 2.50 bits per heavy atom. The molecule has 0 radical (unpaired) electrons. The first kappa shape index (κ1) is 11.6. The molecule has 1 aliphatic rings. The number of amides is 1. The van der Waals surface area contributed by atoms with Gasteiger partial charge in [-0.15, -0.1) is 0 Å². The normalized spacial score (nSPS) is 22.5. The predicted octanol–water partition coefficient (Wildman–Crippen LogP) is 1.26. The molecule has 1 N–H and O–H groups in total. The lowest BCUT2D eigenvalue weighted by Gasteiger charge is -2.25. The Labute approximate surface area is 91.8 Å². The zero-order valence-electron chi connectivity index (χ0n) is 7.67. The number of likely N-dealkylation sites (tertiary alicyclic amines) is 1. The molecule has 1 aliphatic heterocycles. The van der Waals surface area contributed by atoms with Crippen molar-refractivity contribution < 1.29 is 14.7 Å². The van der Waals surface area contributed by atoms with Crippen LogP contribution in [0.5, 0.6) is 0 Å². The van der Waals surface area contributed by atoms with Crippen molar-refractivity contribution in [1.82, 2.24) is 4.90 Å². The quantitative estimate of drug-likeness (QED) is 0.739. The highest BCUT2D eigenvalue weighted by Crippen LogP contribution is 2.27. The number of halogens is 2. The van der Waals surface area contributed by atoms with Gasteiger partial charge in [-0.2, -0.15) is 0 Å². The third-order valence-corrected chi connectivity index (χ3v) is 2.50. The van der Waals surface area contributed by atoms with E-state index in [9.17, 15) is 9.59 Å². The average Bonchev–Trinajstić information content (AvgIpc) is 2.48. The van der Waals surface area contributed by atoms with Crippen LogP contribution in [0.1, 0.15) is 19.8 Å². The first-order valence-electron chi connectivity index (χ1n) is 4.25. The van der Waals surface area contributed by atoms with E-state index >= 15 is 0 Å². The minimum absolute atomic E-state index is 0.408. The van der Waals surface area contributed by atoms with Gasteiger partial charge in [-0.1, -0.05) is 23.2 Å². The fourth-order valence-corrected chi connectivity index (χ4v) is 1.74. The molecule has 1 amide bonds. The van der Waals surface area contributed by atoms with E-state index in [4.69, 9.17) is 28.3 Å². The summed E-state index contributed by atoms with van der Waals surface area (Å²) < 4.78 is -1.54. The summed E-state index contributed by atoms with van der Waals surface area (Å²) in [7, 11) is 0. The molecule has 0 saturated carbocycles. The molecule has 0 bridgehead atoms. The molecule has 1 unspecified atom stereocenters. The summed E-state index contributed by atoms with van der Waals surface area (Å²) in [5.74, 6) is -1.54. The van der Waals surface area contributed by atoms with Crippen LogP contribution < -0.4 is 0 Å². The standard InChI is InChI=1S/C8H11Cl2NO3/c1-8(9,10)7(14)11-4-2-3-5(11)6(12)13/h5H,2-4H2,1H3,(H,12,13). The van der Waals surface area contributed by atoms with Crippen molar-refractivity contribution in [3.05, 3.63) is 0 Å². The predicted molar refractivity (Wildman–Crippen MR) is 52.5 cm³/mol. The van der Waals surface area contributed by atoms with Crippen molar-refractivity contribution >= 4 is 35.1 Å². The van der Waals surface area contributed by atoms with Gasteiger partial charge < -0.3 is 10.0 Å². The number of alkyl halides is 2. The largest absolute Gasteiger partial charge is 0.480 e. The van der Waals surface area contributed by atoms with E-state index in [1.165, 1.54) is 11.8 Å². The number of hydrogen-bond donors (Lipinski definition) is 1. The molecule has 0 aromatic rings. The number of carboxylic acids is 1. The molecule has 14 heavy (non-hydrogen) atoms. The van der Waals surface area contributed by atoms with Gasteiger partial charge in [0.05, 0.1) is 0 Å². The van der Waals surface area contributed by atoms with Gasteiger partial charge in [0.15, 0.2) is 4.33 Å². The molecule has 0 aromatic carbocycles. The summed E-state index contributed by atoms with van der Waals surface area (Å²) in [6, 6.07) is -0.778. The van der Waals surface area contributed by atoms with Gasteiger partial charge in [-0.25, -0.2) is 4.79 Å². The Bertz CT molecular complexity index is 262. The SMILES string of the molecule is CC(Cl)(Cl)C(=O)N1CCCC1C(=O)O. The van der Waals surface area contributed by atoms with Crippen LogP contribution in [-0.2, 0) is 9.59 Å². The Morgan fingerprint density at radius 1 is 1.50 bits per heavy atom. The van der Waals surface area contributed by atoms with Crippen LogP contribution in [0, 0.1) is 0 Å². The molecule has 80 valence electrons. The molecule has 0 aromatic heterocycles. The van der Waals surface area contributed by atoms with E-state index in [2.05, 4.69) is 0 Å². The zero-order chi connectivity index (χ0) is 10.9. The number of carbonyl (C=O) groups excluding carboxylic acids is 1. The van der Waals surface area contributed by atoms with Gasteiger partial charge >= 0.3 is 5.97 Å². The van der Waals surface area contributed by atoms with Crippen molar-refractivity contribution in [3.63, 3.8) is 0 Å². The molecule has 1 atom stereocenters. The highest BCUT2D eigenvalue weighted by Gasteiger charge is 2.40. The Kier molecular flexibility index (Phi) is 3.27. The molecule has 0 aliphatic carbocycles. The van der Waals surface area contributed by atoms with Crippen LogP contribution in [0.15, 0.2) is 0 Å². The summed E-state index contributed by atoms with van der Waals surface area (Å²) >= 11 is 11.2. The second kappa shape index (κ2) is 3.95. The van der Waals surface area contributed by atoms with Gasteiger partial charge in [0.2, 0.25) is 0 Å². The van der Waals surface area contributed by atoms with Crippen LogP contribution in [0.2, 0.25) is 0 Å². The lowest BCUT2D eigenvalue weighted by Crippen LogP contribution is -2.46. The molecular formula is C8H11Cl2NO3. The number of hydrogen-bond acceptors (Lipinski definition) is 2. The topological polar surface area (TPSA) is 57.6 Å². The number of rotatable bonds is 2. The van der Waals surface area contributed by atoms with Crippen LogP contribution in [0.4, 0.5) is 0 Å². The molecule has 1 fully saturated rings. The van der Waals surface area contributed by atoms with Crippen molar-refractivity contribution in [3.8, 4) is 0 Å². The second-order valence-corrected chi connectivity index (χ2v) is 5.09. The molecular weight excluding hydrogens is 229 g/mol. The van der Waals surface area contributed by atoms with Crippen LogP contribution in [-0.4, -0.2) is 38.8 Å². The van der Waals surface area contributed by atoms with Crippen molar-refractivity contribution in [2.75, 3.05) is 6.54 Å². The van der Waals surface area contributed by atoms with Gasteiger partial charge in [0, 0.05) is 6.54 Å². The third-order valence-electron chi connectivity index (χ3n) is 2.17. The highest BCUT2D eigenvalue weighted by molar-refractivity contribution is 6.57. The highest BCUT2D eigenvalue weighted by atomic mass is 35.5. The summed E-state index contributed by atoms with van der Waals surface area (Å²) in [5, 5.41) is 8.82. The Morgan fingerprint density at radius 2 is 2.07 bits per heavy atom. The first-order chi connectivity index (χ1) is 6.34. The number of carboxylic acid groups (broad SMARTS) is 1. The summed E-state index contributed by atoms with van der Waals surface area (Å²) in [4.78, 5) is 23.6. The molecule has 0 spiro atoms. The smallest absolute Gasteiger partial charge is 0.326 e. The molecule has 1 saturated heterocycles. The third kappa shape index (κ3) is 2.30.